The third kappa shape index (κ3) is 2.64. The second kappa shape index (κ2) is 5.98. The Balaban J connectivity index is 1.91. The molecule has 0 amide bonds. The van der Waals surface area contributed by atoms with Gasteiger partial charge in [0.05, 0.1) is 17.9 Å². The van der Waals surface area contributed by atoms with E-state index in [1.165, 1.54) is 5.56 Å². The summed E-state index contributed by atoms with van der Waals surface area (Å²) in [5.41, 5.74) is 3.14. The van der Waals surface area contributed by atoms with Gasteiger partial charge in [-0.2, -0.15) is 26.3 Å². The Labute approximate surface area is 122 Å². The highest BCUT2D eigenvalue weighted by Crippen LogP contribution is 2.22. The zero-order valence-corrected chi connectivity index (χ0v) is 12.0. The fraction of sp³-hybridized carbons (Fsp3) is 0.200. The quantitative estimate of drug-likeness (QED) is 0.783. The molecule has 0 saturated carbocycles. The molecule has 3 rings (SSSR count). The van der Waals surface area contributed by atoms with Crippen LogP contribution < -0.4 is 5.32 Å². The summed E-state index contributed by atoms with van der Waals surface area (Å²) in [6.07, 6.45) is 1.83. The first kappa shape index (κ1) is 13.0. The van der Waals surface area contributed by atoms with Crippen LogP contribution in [0.1, 0.15) is 24.2 Å². The molecule has 1 atom stereocenters. The summed E-state index contributed by atoms with van der Waals surface area (Å²) in [4.78, 5) is 1.67. The van der Waals surface area contributed by atoms with Gasteiger partial charge in [0.2, 0.25) is 0 Å². The van der Waals surface area contributed by atoms with E-state index in [9.17, 15) is 0 Å². The topological polar surface area (TPSA) is 42.7 Å². The van der Waals surface area contributed by atoms with Crippen LogP contribution in [0.15, 0.2) is 53.4 Å². The molecule has 0 aliphatic carbocycles. The predicted molar refractivity (Wildman–Crippen MR) is 81.2 cm³/mol. The van der Waals surface area contributed by atoms with Crippen molar-refractivity contribution >= 4 is 11.3 Å². The number of aromatic nitrogens is 3. The van der Waals surface area contributed by atoms with E-state index in [0.29, 0.717) is 0 Å². The summed E-state index contributed by atoms with van der Waals surface area (Å²) >= 11 is 1.70. The molecule has 1 N–H and O–H groups in total. The third-order valence-corrected chi connectivity index (χ3v) is 3.78. The van der Waals surface area contributed by atoms with E-state index < -0.39 is 0 Å². The Morgan fingerprint density at radius 1 is 1.25 bits per heavy atom. The number of nitrogens with zero attached hydrogens (tertiary/aromatic N) is 3. The molecule has 1 aromatic carbocycles. The van der Waals surface area contributed by atoms with Crippen LogP contribution in [-0.2, 0) is 0 Å². The third-order valence-electron chi connectivity index (χ3n) is 3.08. The van der Waals surface area contributed by atoms with Crippen molar-refractivity contribution in [2.24, 2.45) is 0 Å². The first-order valence-corrected chi connectivity index (χ1v) is 7.56. The maximum atomic E-state index is 4.60. The average molecular weight is 284 g/mol. The van der Waals surface area contributed by atoms with E-state index in [-0.39, 0.29) is 6.04 Å². The lowest BCUT2D eigenvalue weighted by atomic mass is 10.1. The van der Waals surface area contributed by atoms with E-state index in [2.05, 4.69) is 39.3 Å². The summed E-state index contributed by atoms with van der Waals surface area (Å²) in [6.45, 7) is 2.99. The molecule has 2 aromatic heterocycles. The fourth-order valence-corrected chi connectivity index (χ4v) is 2.82. The molecular weight excluding hydrogens is 268 g/mol. The number of hydrogen-bond acceptors (Lipinski definition) is 4. The molecule has 0 aliphatic rings. The van der Waals surface area contributed by atoms with E-state index in [1.807, 2.05) is 36.5 Å². The van der Waals surface area contributed by atoms with Crippen molar-refractivity contribution in [1.82, 2.24) is 20.3 Å². The highest BCUT2D eigenvalue weighted by Gasteiger charge is 2.17. The monoisotopic (exact) mass is 284 g/mol. The van der Waals surface area contributed by atoms with Crippen LogP contribution in [0.2, 0.25) is 0 Å². The number of para-hydroxylation sites is 1. The molecule has 4 nitrogen and oxygen atoms in total. The van der Waals surface area contributed by atoms with Gasteiger partial charge in [0, 0.05) is 0 Å². The number of nitrogens with one attached hydrogen (secondary N) is 1. The van der Waals surface area contributed by atoms with Crippen LogP contribution in [-0.4, -0.2) is 21.5 Å². The number of rotatable bonds is 5. The Bertz CT molecular complexity index is 646. The van der Waals surface area contributed by atoms with Gasteiger partial charge in [0.15, 0.2) is 0 Å². The second-order valence-corrected chi connectivity index (χ2v) is 5.22. The predicted octanol–water partition coefficient (Wildman–Crippen LogP) is 3.03. The lowest BCUT2D eigenvalue weighted by Gasteiger charge is -2.13. The van der Waals surface area contributed by atoms with E-state index in [4.69, 9.17) is 0 Å². The minimum absolute atomic E-state index is 0.101. The van der Waals surface area contributed by atoms with Gasteiger partial charge in [-0.1, -0.05) is 25.1 Å². The molecule has 102 valence electrons. The molecule has 0 aliphatic heterocycles. The number of hydrogen-bond donors (Lipinski definition) is 1. The van der Waals surface area contributed by atoms with Gasteiger partial charge in [-0.25, -0.2) is 0 Å². The summed E-state index contributed by atoms with van der Waals surface area (Å²) in [6, 6.07) is 12.2. The molecule has 0 bridgehead atoms. The SMILES string of the molecule is CCNC(c1ccsc1)c1cnn(-c2ccccc2)n1. The summed E-state index contributed by atoms with van der Waals surface area (Å²) in [5.74, 6) is 0. The maximum absolute atomic E-state index is 4.60. The molecule has 3 aromatic rings. The Morgan fingerprint density at radius 2 is 2.10 bits per heavy atom. The lowest BCUT2D eigenvalue weighted by molar-refractivity contribution is 0.606. The second-order valence-electron chi connectivity index (χ2n) is 4.44. The molecule has 5 heteroatoms. The largest absolute Gasteiger partial charge is 0.305 e. The van der Waals surface area contributed by atoms with Crippen LogP contribution in [0.4, 0.5) is 0 Å². The summed E-state index contributed by atoms with van der Waals surface area (Å²) < 4.78 is 0. The summed E-state index contributed by atoms with van der Waals surface area (Å²) in [7, 11) is 0. The number of thiophene rings is 1. The molecule has 0 radical (unpaired) electrons. The van der Waals surface area contributed by atoms with Gasteiger partial charge in [-0.05, 0) is 41.1 Å². The molecule has 0 saturated heterocycles. The molecule has 0 spiro atoms. The fourth-order valence-electron chi connectivity index (χ4n) is 2.13. The standard InChI is InChI=1S/C15H16N4S/c1-2-16-15(12-8-9-20-11-12)14-10-17-19(18-14)13-6-4-3-5-7-13/h3-11,15-16H,2H2,1H3. The van der Waals surface area contributed by atoms with Gasteiger partial charge in [0.25, 0.3) is 0 Å². The zero-order chi connectivity index (χ0) is 13.8. The molecule has 1 unspecified atom stereocenters. The van der Waals surface area contributed by atoms with Crippen LogP contribution in [0, 0.1) is 0 Å². The Hall–Kier alpha value is -1.98. The highest BCUT2D eigenvalue weighted by molar-refractivity contribution is 7.08. The molecular formula is C15H16N4S. The first-order valence-electron chi connectivity index (χ1n) is 6.61. The van der Waals surface area contributed by atoms with Crippen molar-refractivity contribution in [3.63, 3.8) is 0 Å². The zero-order valence-electron chi connectivity index (χ0n) is 11.2. The van der Waals surface area contributed by atoms with Crippen LogP contribution in [0.5, 0.6) is 0 Å². The first-order chi connectivity index (χ1) is 9.88. The van der Waals surface area contributed by atoms with Gasteiger partial charge in [-0.3, -0.25) is 0 Å². The highest BCUT2D eigenvalue weighted by atomic mass is 32.1. The van der Waals surface area contributed by atoms with Gasteiger partial charge >= 0.3 is 0 Å². The van der Waals surface area contributed by atoms with Crippen LogP contribution in [0.25, 0.3) is 5.69 Å². The van der Waals surface area contributed by atoms with E-state index >= 15 is 0 Å². The Kier molecular flexibility index (Phi) is 3.90. The van der Waals surface area contributed by atoms with Crippen molar-refractivity contribution in [3.8, 4) is 5.69 Å². The van der Waals surface area contributed by atoms with Gasteiger partial charge in [-0.15, -0.1) is 0 Å². The lowest BCUT2D eigenvalue weighted by Crippen LogP contribution is -2.22. The van der Waals surface area contributed by atoms with Crippen LogP contribution >= 0.6 is 11.3 Å². The minimum atomic E-state index is 0.101. The molecule has 0 fully saturated rings. The maximum Gasteiger partial charge on any atom is 0.105 e. The average Bonchev–Trinajstić information content (AvgIpc) is 3.17. The van der Waals surface area contributed by atoms with E-state index in [0.717, 1.165) is 17.9 Å². The van der Waals surface area contributed by atoms with E-state index in [1.54, 1.807) is 16.1 Å². The smallest absolute Gasteiger partial charge is 0.105 e. The van der Waals surface area contributed by atoms with Crippen molar-refractivity contribution in [3.05, 3.63) is 64.6 Å². The van der Waals surface area contributed by atoms with Crippen LogP contribution in [0.3, 0.4) is 0 Å². The minimum Gasteiger partial charge on any atom is -0.305 e. The normalized spacial score (nSPS) is 12.4. The van der Waals surface area contributed by atoms with Crippen molar-refractivity contribution in [2.75, 3.05) is 6.54 Å². The Morgan fingerprint density at radius 3 is 2.80 bits per heavy atom. The molecule has 2 heterocycles. The van der Waals surface area contributed by atoms with Crippen molar-refractivity contribution < 1.29 is 0 Å². The van der Waals surface area contributed by atoms with Crippen molar-refractivity contribution in [2.45, 2.75) is 13.0 Å². The van der Waals surface area contributed by atoms with Crippen molar-refractivity contribution in [1.29, 1.82) is 0 Å². The molecule has 20 heavy (non-hydrogen) atoms. The van der Waals surface area contributed by atoms with Gasteiger partial charge in [0.1, 0.15) is 5.69 Å². The van der Waals surface area contributed by atoms with Gasteiger partial charge < -0.3 is 5.32 Å². The summed E-state index contributed by atoms with van der Waals surface area (Å²) in [5, 5.41) is 16.7. The number of benzene rings is 1.